The minimum Gasteiger partial charge on any atom is -0.487 e. The molecule has 138 valence electrons. The molecule has 1 fully saturated rings. The van der Waals surface area contributed by atoms with Crippen molar-refractivity contribution in [3.05, 3.63) is 53.0 Å². The van der Waals surface area contributed by atoms with E-state index in [0.717, 1.165) is 42.0 Å². The molecule has 5 rings (SSSR count). The van der Waals surface area contributed by atoms with Crippen LogP contribution in [0.4, 0.5) is 5.69 Å². The maximum atomic E-state index is 13.0. The van der Waals surface area contributed by atoms with Crippen molar-refractivity contribution in [3.63, 3.8) is 0 Å². The van der Waals surface area contributed by atoms with Crippen molar-refractivity contribution in [1.82, 2.24) is 14.6 Å². The molecule has 1 aromatic carbocycles. The van der Waals surface area contributed by atoms with E-state index in [1.54, 1.807) is 10.7 Å². The number of benzene rings is 1. The van der Waals surface area contributed by atoms with E-state index in [2.05, 4.69) is 41.4 Å². The first-order valence-electron chi connectivity index (χ1n) is 9.38. The molecule has 0 saturated heterocycles. The molecular weight excluding hydrogens is 340 g/mol. The summed E-state index contributed by atoms with van der Waals surface area (Å²) in [6, 6.07) is 6.07. The van der Waals surface area contributed by atoms with Crippen LogP contribution in [-0.2, 0) is 6.42 Å². The average Bonchev–Trinajstić information content (AvgIpc) is 3.28. The predicted molar refractivity (Wildman–Crippen MR) is 103 cm³/mol. The summed E-state index contributed by atoms with van der Waals surface area (Å²) in [5, 5.41) is 7.36. The Labute approximate surface area is 157 Å². The van der Waals surface area contributed by atoms with Crippen LogP contribution in [0.3, 0.4) is 0 Å². The lowest BCUT2D eigenvalue weighted by molar-refractivity contribution is 0.102. The fourth-order valence-corrected chi connectivity index (χ4v) is 3.82. The Morgan fingerprint density at radius 1 is 1.33 bits per heavy atom. The maximum absolute atomic E-state index is 13.0. The second kappa shape index (κ2) is 5.55. The number of aryl methyl sites for hydroxylation is 1. The molecule has 0 atom stereocenters. The zero-order valence-electron chi connectivity index (χ0n) is 15.7. The number of anilines is 1. The zero-order chi connectivity index (χ0) is 18.8. The number of rotatable bonds is 3. The lowest BCUT2D eigenvalue weighted by Gasteiger charge is -2.17. The Morgan fingerprint density at radius 3 is 2.93 bits per heavy atom. The number of nitrogens with one attached hydrogen (secondary N) is 1. The number of hydrogen-bond donors (Lipinski definition) is 1. The Morgan fingerprint density at radius 2 is 2.15 bits per heavy atom. The highest BCUT2D eigenvalue weighted by atomic mass is 16.5. The van der Waals surface area contributed by atoms with Gasteiger partial charge in [-0.1, -0.05) is 0 Å². The summed E-state index contributed by atoms with van der Waals surface area (Å²) in [4.78, 5) is 17.5. The quantitative estimate of drug-likeness (QED) is 0.768. The predicted octanol–water partition coefficient (Wildman–Crippen LogP) is 3.88. The van der Waals surface area contributed by atoms with Crippen LogP contribution in [-0.4, -0.2) is 26.1 Å². The van der Waals surface area contributed by atoms with E-state index in [4.69, 9.17) is 4.74 Å². The van der Waals surface area contributed by atoms with E-state index >= 15 is 0 Å². The molecule has 0 unspecified atom stereocenters. The molecule has 0 bridgehead atoms. The lowest BCUT2D eigenvalue weighted by Crippen LogP contribution is -2.24. The largest absolute Gasteiger partial charge is 0.487 e. The average molecular weight is 362 g/mol. The van der Waals surface area contributed by atoms with Crippen molar-refractivity contribution in [2.24, 2.45) is 0 Å². The second-order valence-electron chi connectivity index (χ2n) is 8.21. The van der Waals surface area contributed by atoms with Crippen molar-refractivity contribution in [1.29, 1.82) is 0 Å². The van der Waals surface area contributed by atoms with Crippen molar-refractivity contribution in [2.45, 2.75) is 51.6 Å². The number of nitrogens with zero attached hydrogens (tertiary/aromatic N) is 3. The monoisotopic (exact) mass is 362 g/mol. The summed E-state index contributed by atoms with van der Waals surface area (Å²) in [6.07, 6.45) is 6.55. The standard InChI is InChI=1S/C21H22N4O2/c1-12-6-7-25-19(23-12)16(11-22-25)20(26)24-17-8-14-10-21(2,3)27-18(14)9-15(17)13-4-5-13/h6-9,11,13H,4-5,10H2,1-3H3,(H,24,26). The summed E-state index contributed by atoms with van der Waals surface area (Å²) in [5.41, 5.74) is 4.91. The molecule has 3 aromatic rings. The van der Waals surface area contributed by atoms with Gasteiger partial charge >= 0.3 is 0 Å². The third-order valence-corrected chi connectivity index (χ3v) is 5.25. The Bertz CT molecular complexity index is 1080. The van der Waals surface area contributed by atoms with Gasteiger partial charge in [-0.25, -0.2) is 9.50 Å². The van der Waals surface area contributed by atoms with Gasteiger partial charge in [0.05, 0.1) is 6.20 Å². The summed E-state index contributed by atoms with van der Waals surface area (Å²) >= 11 is 0. The first-order chi connectivity index (χ1) is 12.9. The maximum Gasteiger partial charge on any atom is 0.261 e. The van der Waals surface area contributed by atoms with Crippen LogP contribution in [0.15, 0.2) is 30.6 Å². The number of fused-ring (bicyclic) bond motifs is 2. The minimum atomic E-state index is -0.199. The van der Waals surface area contributed by atoms with Crippen molar-refractivity contribution in [3.8, 4) is 5.75 Å². The van der Waals surface area contributed by atoms with E-state index in [0.29, 0.717) is 17.1 Å². The lowest BCUT2D eigenvalue weighted by atomic mass is 9.98. The molecule has 2 aliphatic rings. The molecule has 1 N–H and O–H groups in total. The van der Waals surface area contributed by atoms with E-state index in [1.807, 2.05) is 19.2 Å². The van der Waals surface area contributed by atoms with Crippen LogP contribution < -0.4 is 10.1 Å². The van der Waals surface area contributed by atoms with Crippen molar-refractivity contribution in [2.75, 3.05) is 5.32 Å². The van der Waals surface area contributed by atoms with Gasteiger partial charge < -0.3 is 10.1 Å². The second-order valence-corrected chi connectivity index (χ2v) is 8.21. The van der Waals surface area contributed by atoms with Crippen LogP contribution in [0, 0.1) is 6.92 Å². The summed E-state index contributed by atoms with van der Waals surface area (Å²) in [6.45, 7) is 6.09. The molecule has 3 heterocycles. The summed E-state index contributed by atoms with van der Waals surface area (Å²) < 4.78 is 7.71. The zero-order valence-corrected chi connectivity index (χ0v) is 15.7. The third-order valence-electron chi connectivity index (χ3n) is 5.25. The van der Waals surface area contributed by atoms with Crippen molar-refractivity contribution >= 4 is 17.2 Å². The molecule has 6 nitrogen and oxygen atoms in total. The van der Waals surface area contributed by atoms with E-state index in [9.17, 15) is 4.79 Å². The molecule has 1 saturated carbocycles. The number of carbonyl (C=O) groups is 1. The smallest absolute Gasteiger partial charge is 0.261 e. The van der Waals surface area contributed by atoms with E-state index in [-0.39, 0.29) is 11.5 Å². The molecule has 27 heavy (non-hydrogen) atoms. The van der Waals surface area contributed by atoms with Gasteiger partial charge in [-0.05, 0) is 63.3 Å². The molecule has 2 aromatic heterocycles. The van der Waals surface area contributed by atoms with Gasteiger partial charge in [-0.3, -0.25) is 4.79 Å². The number of amides is 1. The van der Waals surface area contributed by atoms with E-state index in [1.165, 1.54) is 5.56 Å². The number of hydrogen-bond acceptors (Lipinski definition) is 4. The van der Waals surface area contributed by atoms with Crippen LogP contribution in [0.5, 0.6) is 5.75 Å². The normalized spacial score (nSPS) is 17.6. The Balaban J connectivity index is 1.51. The van der Waals surface area contributed by atoms with Crippen LogP contribution in [0.1, 0.15) is 59.8 Å². The summed E-state index contributed by atoms with van der Waals surface area (Å²) in [5.74, 6) is 1.28. The minimum absolute atomic E-state index is 0.178. The molecule has 0 radical (unpaired) electrons. The highest BCUT2D eigenvalue weighted by Crippen LogP contribution is 2.48. The molecular formula is C21H22N4O2. The first kappa shape index (κ1) is 16.3. The molecule has 0 spiro atoms. The molecule has 6 heteroatoms. The van der Waals surface area contributed by atoms with E-state index < -0.39 is 0 Å². The number of ether oxygens (including phenoxy) is 1. The third kappa shape index (κ3) is 2.85. The van der Waals surface area contributed by atoms with Gasteiger partial charge in [0.1, 0.15) is 16.9 Å². The molecule has 1 amide bonds. The van der Waals surface area contributed by atoms with Gasteiger partial charge in [0.25, 0.3) is 5.91 Å². The van der Waals surface area contributed by atoms with Gasteiger partial charge in [-0.15, -0.1) is 0 Å². The fraction of sp³-hybridized carbons (Fsp3) is 0.381. The molecule has 1 aliphatic carbocycles. The summed E-state index contributed by atoms with van der Waals surface area (Å²) in [7, 11) is 0. The topological polar surface area (TPSA) is 68.5 Å². The van der Waals surface area contributed by atoms with Crippen LogP contribution in [0.2, 0.25) is 0 Å². The highest BCUT2D eigenvalue weighted by molar-refractivity contribution is 6.08. The van der Waals surface area contributed by atoms with Gasteiger partial charge in [0.15, 0.2) is 5.65 Å². The van der Waals surface area contributed by atoms with Gasteiger partial charge in [0, 0.05) is 29.6 Å². The fourth-order valence-electron chi connectivity index (χ4n) is 3.82. The van der Waals surface area contributed by atoms with Crippen LogP contribution >= 0.6 is 0 Å². The van der Waals surface area contributed by atoms with Gasteiger partial charge in [-0.2, -0.15) is 5.10 Å². The first-order valence-corrected chi connectivity index (χ1v) is 9.38. The van der Waals surface area contributed by atoms with Crippen LogP contribution in [0.25, 0.3) is 5.65 Å². The van der Waals surface area contributed by atoms with Crippen molar-refractivity contribution < 1.29 is 9.53 Å². The highest BCUT2D eigenvalue weighted by Gasteiger charge is 2.34. The Kier molecular flexibility index (Phi) is 3.35. The number of carbonyl (C=O) groups excluding carboxylic acids is 1. The number of aromatic nitrogens is 3. The molecule has 1 aliphatic heterocycles. The van der Waals surface area contributed by atoms with Gasteiger partial charge in [0.2, 0.25) is 0 Å². The SMILES string of the molecule is Cc1ccn2ncc(C(=O)Nc3cc4c(cc3C3CC3)OC(C)(C)C4)c2n1. The Hall–Kier alpha value is -2.89.